The van der Waals surface area contributed by atoms with Gasteiger partial charge in [0.25, 0.3) is 5.56 Å². The number of benzene rings is 3. The van der Waals surface area contributed by atoms with E-state index in [1.807, 2.05) is 36.4 Å². The Bertz CT molecular complexity index is 1580. The van der Waals surface area contributed by atoms with Crippen molar-refractivity contribution in [2.24, 2.45) is 0 Å². The van der Waals surface area contributed by atoms with E-state index in [-0.39, 0.29) is 12.2 Å². The van der Waals surface area contributed by atoms with Gasteiger partial charge in [-0.1, -0.05) is 48.0 Å². The van der Waals surface area contributed by atoms with Gasteiger partial charge in [0.05, 0.1) is 17.7 Å². The van der Waals surface area contributed by atoms with Gasteiger partial charge in [0, 0.05) is 15.1 Å². The van der Waals surface area contributed by atoms with Crippen LogP contribution in [-0.4, -0.2) is 9.13 Å². The maximum atomic E-state index is 14.3. The molecule has 0 saturated carbocycles. The molecule has 0 atom stereocenters. The summed E-state index contributed by atoms with van der Waals surface area (Å²) >= 11 is 7.34. The van der Waals surface area contributed by atoms with Gasteiger partial charge in [-0.15, -0.1) is 11.3 Å². The van der Waals surface area contributed by atoms with Gasteiger partial charge in [0.2, 0.25) is 0 Å². The molecule has 2 heterocycles. The minimum Gasteiger partial charge on any atom is -0.287 e. The molecule has 3 aromatic carbocycles. The maximum Gasteiger partial charge on any atom is 0.336 e. The zero-order valence-electron chi connectivity index (χ0n) is 16.4. The second kappa shape index (κ2) is 7.48. The molecule has 154 valence electrons. The fourth-order valence-corrected chi connectivity index (χ4v) is 4.98. The van der Waals surface area contributed by atoms with Crippen LogP contribution in [0.3, 0.4) is 0 Å². The monoisotopic (exact) mass is 450 g/mol. The summed E-state index contributed by atoms with van der Waals surface area (Å²) in [6, 6.07) is 19.2. The Morgan fingerprint density at radius 3 is 2.48 bits per heavy atom. The first-order valence-corrected chi connectivity index (χ1v) is 10.8. The summed E-state index contributed by atoms with van der Waals surface area (Å²) in [4.78, 5) is 27.0. The van der Waals surface area contributed by atoms with E-state index in [1.165, 1.54) is 17.4 Å². The Hall–Kier alpha value is -3.22. The van der Waals surface area contributed by atoms with Crippen LogP contribution in [0, 0.1) is 12.7 Å². The van der Waals surface area contributed by atoms with Crippen molar-refractivity contribution in [1.82, 2.24) is 9.13 Å². The summed E-state index contributed by atoms with van der Waals surface area (Å²) in [5.74, 6) is -0.468. The molecule has 0 bridgehead atoms. The van der Waals surface area contributed by atoms with Crippen molar-refractivity contribution in [3.05, 3.63) is 110 Å². The van der Waals surface area contributed by atoms with Crippen molar-refractivity contribution in [3.63, 3.8) is 0 Å². The molecule has 5 aromatic rings. The van der Waals surface area contributed by atoms with Crippen LogP contribution in [0.25, 0.3) is 26.0 Å². The second-order valence-electron chi connectivity index (χ2n) is 7.35. The Labute approximate surface area is 185 Å². The molecule has 0 aliphatic heterocycles. The Kier molecular flexibility index (Phi) is 4.76. The largest absolute Gasteiger partial charge is 0.336 e. The number of hydrogen-bond acceptors (Lipinski definition) is 3. The third-order valence-electron chi connectivity index (χ3n) is 5.33. The topological polar surface area (TPSA) is 44.0 Å². The molecular formula is C24H16ClFN2O2S. The van der Waals surface area contributed by atoms with E-state index in [9.17, 15) is 14.0 Å². The molecule has 0 unspecified atom stereocenters. The van der Waals surface area contributed by atoms with Crippen LogP contribution in [0.15, 0.2) is 76.3 Å². The van der Waals surface area contributed by atoms with E-state index >= 15 is 0 Å². The Balaban J connectivity index is 1.88. The summed E-state index contributed by atoms with van der Waals surface area (Å²) in [7, 11) is 0. The van der Waals surface area contributed by atoms with Crippen molar-refractivity contribution in [2.45, 2.75) is 13.5 Å². The number of hydrogen-bond donors (Lipinski definition) is 0. The van der Waals surface area contributed by atoms with Crippen molar-refractivity contribution >= 4 is 43.2 Å². The van der Waals surface area contributed by atoms with Gasteiger partial charge in [-0.2, -0.15) is 0 Å². The fraction of sp³-hybridized carbons (Fsp3) is 0.0833. The summed E-state index contributed by atoms with van der Waals surface area (Å²) < 4.78 is 18.3. The lowest BCUT2D eigenvalue weighted by Gasteiger charge is -2.13. The number of thiophene rings is 1. The molecule has 5 rings (SSSR count). The van der Waals surface area contributed by atoms with Crippen molar-refractivity contribution in [2.75, 3.05) is 0 Å². The van der Waals surface area contributed by atoms with E-state index in [0.717, 1.165) is 20.2 Å². The SMILES string of the molecule is Cc1ccc(-n2c(=O)c3sc4ccccc4c3n(Cc3ccc(Cl)cc3)c2=O)cc1F. The molecule has 0 fully saturated rings. The van der Waals surface area contributed by atoms with Gasteiger partial charge in [0.15, 0.2) is 0 Å². The van der Waals surface area contributed by atoms with E-state index in [2.05, 4.69) is 0 Å². The normalized spacial score (nSPS) is 11.5. The average molecular weight is 451 g/mol. The third-order valence-corrected chi connectivity index (χ3v) is 6.73. The Morgan fingerprint density at radius 1 is 1.00 bits per heavy atom. The number of aryl methyl sites for hydroxylation is 1. The average Bonchev–Trinajstić information content (AvgIpc) is 3.15. The maximum absolute atomic E-state index is 14.3. The summed E-state index contributed by atoms with van der Waals surface area (Å²) in [6.07, 6.45) is 0. The first-order valence-electron chi connectivity index (χ1n) is 9.62. The summed E-state index contributed by atoms with van der Waals surface area (Å²) in [5, 5.41) is 1.44. The van der Waals surface area contributed by atoms with E-state index < -0.39 is 17.1 Å². The summed E-state index contributed by atoms with van der Waals surface area (Å²) in [6.45, 7) is 1.89. The van der Waals surface area contributed by atoms with Crippen LogP contribution in [0.4, 0.5) is 4.39 Å². The highest BCUT2D eigenvalue weighted by molar-refractivity contribution is 7.25. The minimum absolute atomic E-state index is 0.210. The van der Waals surface area contributed by atoms with E-state index in [0.29, 0.717) is 20.8 Å². The lowest BCUT2D eigenvalue weighted by atomic mass is 10.2. The lowest BCUT2D eigenvalue weighted by molar-refractivity contribution is 0.615. The molecule has 31 heavy (non-hydrogen) atoms. The highest BCUT2D eigenvalue weighted by atomic mass is 35.5. The van der Waals surface area contributed by atoms with Gasteiger partial charge in [-0.3, -0.25) is 9.36 Å². The molecule has 0 aliphatic carbocycles. The lowest BCUT2D eigenvalue weighted by Crippen LogP contribution is -2.38. The smallest absolute Gasteiger partial charge is 0.287 e. The molecule has 0 N–H and O–H groups in total. The first kappa shape index (κ1) is 19.7. The van der Waals surface area contributed by atoms with Crippen molar-refractivity contribution in [1.29, 1.82) is 0 Å². The van der Waals surface area contributed by atoms with Gasteiger partial charge < -0.3 is 0 Å². The molecule has 4 nitrogen and oxygen atoms in total. The standard InChI is InChI=1S/C24H16ClFN2O2S/c1-14-6-11-17(12-19(14)26)28-23(29)22-21(18-4-2-3-5-20(18)31-22)27(24(28)30)13-15-7-9-16(25)10-8-15/h2-12H,13H2,1H3. The van der Waals surface area contributed by atoms with Crippen molar-refractivity contribution < 1.29 is 4.39 Å². The number of nitrogens with zero attached hydrogens (tertiary/aromatic N) is 2. The van der Waals surface area contributed by atoms with Gasteiger partial charge >= 0.3 is 5.69 Å². The number of fused-ring (bicyclic) bond motifs is 3. The molecule has 0 spiro atoms. The third kappa shape index (κ3) is 3.28. The predicted octanol–water partition coefficient (Wildman–Crippen LogP) is 5.52. The van der Waals surface area contributed by atoms with Crippen LogP contribution in [0.5, 0.6) is 0 Å². The van der Waals surface area contributed by atoms with Crippen LogP contribution < -0.4 is 11.2 Å². The zero-order valence-corrected chi connectivity index (χ0v) is 18.0. The van der Waals surface area contributed by atoms with E-state index in [4.69, 9.17) is 11.6 Å². The van der Waals surface area contributed by atoms with Gasteiger partial charge in [0.1, 0.15) is 10.5 Å². The molecule has 7 heteroatoms. The highest BCUT2D eigenvalue weighted by Gasteiger charge is 2.20. The van der Waals surface area contributed by atoms with Crippen LogP contribution >= 0.6 is 22.9 Å². The van der Waals surface area contributed by atoms with Crippen LogP contribution in [-0.2, 0) is 6.54 Å². The highest BCUT2D eigenvalue weighted by Crippen LogP contribution is 2.31. The molecule has 2 aromatic heterocycles. The number of rotatable bonds is 3. The molecule has 0 amide bonds. The molecule has 0 saturated heterocycles. The number of aromatic nitrogens is 2. The second-order valence-corrected chi connectivity index (χ2v) is 8.83. The predicted molar refractivity (Wildman–Crippen MR) is 124 cm³/mol. The zero-order chi connectivity index (χ0) is 21.7. The minimum atomic E-state index is -0.515. The molecule has 0 aliphatic rings. The van der Waals surface area contributed by atoms with E-state index in [1.54, 1.807) is 35.8 Å². The molecular weight excluding hydrogens is 435 g/mol. The first-order chi connectivity index (χ1) is 14.9. The van der Waals surface area contributed by atoms with Gasteiger partial charge in [-0.25, -0.2) is 13.8 Å². The van der Waals surface area contributed by atoms with Crippen molar-refractivity contribution in [3.8, 4) is 5.69 Å². The number of halogens is 2. The summed E-state index contributed by atoms with van der Waals surface area (Å²) in [5.41, 5.74) is 1.15. The van der Waals surface area contributed by atoms with Gasteiger partial charge in [-0.05, 0) is 48.4 Å². The quantitative estimate of drug-likeness (QED) is 0.363. The fourth-order valence-electron chi connectivity index (χ4n) is 3.72. The van der Waals surface area contributed by atoms with Crippen LogP contribution in [0.1, 0.15) is 11.1 Å². The molecule has 0 radical (unpaired) electrons. The Morgan fingerprint density at radius 2 is 1.74 bits per heavy atom. The van der Waals surface area contributed by atoms with Crippen LogP contribution in [0.2, 0.25) is 5.02 Å².